The van der Waals surface area contributed by atoms with Crippen molar-refractivity contribution >= 4 is 78.2 Å². The number of ether oxygens (including phenoxy) is 8. The number of aliphatic hydroxyl groups is 1. The number of halogens is 2. The van der Waals surface area contributed by atoms with E-state index in [0.29, 0.717) is 31.4 Å². The van der Waals surface area contributed by atoms with E-state index in [4.69, 9.17) is 61.8 Å². The number of esters is 5. The molecule has 2 amide bonds. The maximum absolute atomic E-state index is 15.7. The summed E-state index contributed by atoms with van der Waals surface area (Å²) in [6, 6.07) is 16.2. The standard InChI is InChI=1S/C50H62O17.C10H13NO4.2ClH.2H2N.Pt/c1-27-32(63-45(58)39(64-36(54)22-21-35(52)53)31(29-17-13-11-14-18-29)23-37(55)67-46(3,4)5)25-50(59)43(65-44(57)30-19-15-12-16-20-30)41-48(8,42(56)40(61-10)38(27)47(50,6)7)33(60-9)24-34-49(41,26-62-34)66-28(2)51;12-8-5-6-9(13)11(8)7-3-1-2-4-10(14)15;;;;;/h11-20,31-34,39-41,43,59H,21-26H2,1-10H3,(H,52,53);5-6H,1-4,7H2,(H,14,15);2*1H;2*1H2;/q;;;;2*-1;+4/p-2. The van der Waals surface area contributed by atoms with Crippen LogP contribution in [-0.4, -0.2) is 160 Å². The summed E-state index contributed by atoms with van der Waals surface area (Å²) in [5.41, 5.74) is -7.23. The minimum absolute atomic E-state index is 0. The van der Waals surface area contributed by atoms with Crippen molar-refractivity contribution in [3.05, 3.63) is 107 Å². The van der Waals surface area contributed by atoms with Crippen molar-refractivity contribution in [1.29, 1.82) is 0 Å². The van der Waals surface area contributed by atoms with Crippen molar-refractivity contribution in [3.8, 4) is 0 Å². The van der Waals surface area contributed by atoms with Crippen LogP contribution in [0, 0.1) is 16.7 Å². The third kappa shape index (κ3) is 17.3. The van der Waals surface area contributed by atoms with E-state index in [0.717, 1.165) is 0 Å². The number of benzene rings is 2. The Labute approximate surface area is 522 Å². The van der Waals surface area contributed by atoms with Crippen LogP contribution in [0.15, 0.2) is 84.0 Å². The molecule has 484 valence electrons. The van der Waals surface area contributed by atoms with Crippen molar-refractivity contribution in [1.82, 2.24) is 4.90 Å². The third-order valence-corrected chi connectivity index (χ3v) is 16.3. The number of carboxylic acid groups (broad SMARTS) is 2. The van der Waals surface area contributed by atoms with Gasteiger partial charge < -0.3 is 65.5 Å². The summed E-state index contributed by atoms with van der Waals surface area (Å²) in [6.07, 6.45) is -5.95. The molecule has 1 saturated heterocycles. The number of amides is 2. The van der Waals surface area contributed by atoms with Gasteiger partial charge in [-0.2, -0.15) is 0 Å². The molecular weight excluding hydrogens is 1360 g/mol. The summed E-state index contributed by atoms with van der Waals surface area (Å²) in [7, 11) is 12.5. The number of hydrogen-bond donors (Lipinski definition) is 3. The number of carbonyl (C=O) groups is 10. The number of nitrogens with zero attached hydrogens (tertiary/aromatic N) is 1. The van der Waals surface area contributed by atoms with Gasteiger partial charge in [-0.15, -0.1) is 0 Å². The molecule has 11 unspecified atom stereocenters. The average Bonchev–Trinajstić information content (AvgIpc) is 0.847. The van der Waals surface area contributed by atoms with Crippen molar-refractivity contribution in [2.75, 3.05) is 27.4 Å². The monoisotopic (exact) mass is 1440 g/mol. The predicted octanol–water partition coefficient (Wildman–Crippen LogP) is 8.60. The van der Waals surface area contributed by atoms with Gasteiger partial charge in [-0.25, -0.2) is 9.59 Å². The van der Waals surface area contributed by atoms with Gasteiger partial charge >= 0.3 is 77.1 Å². The number of rotatable bonds is 21. The first-order valence-electron chi connectivity index (χ1n) is 27.5. The quantitative estimate of drug-likeness (QED) is 0.0346. The molecule has 24 nitrogen and oxygen atoms in total. The summed E-state index contributed by atoms with van der Waals surface area (Å²) in [5.74, 6) is -10.5. The van der Waals surface area contributed by atoms with Crippen molar-refractivity contribution in [2.24, 2.45) is 16.7 Å². The summed E-state index contributed by atoms with van der Waals surface area (Å²) in [4.78, 5) is 130. The predicted molar refractivity (Wildman–Crippen MR) is 309 cm³/mol. The Morgan fingerprint density at radius 1 is 0.805 bits per heavy atom. The smallest absolute Gasteiger partial charge is 0.693 e. The Kier molecular flexibility index (Phi) is 27.7. The second-order valence-electron chi connectivity index (χ2n) is 23.0. The van der Waals surface area contributed by atoms with Gasteiger partial charge in [0, 0.05) is 70.4 Å². The van der Waals surface area contributed by atoms with Gasteiger partial charge in [-0.1, -0.05) is 68.8 Å². The Hall–Kier alpha value is -5.95. The maximum atomic E-state index is 15.7. The first-order chi connectivity index (χ1) is 39.9. The van der Waals surface area contributed by atoms with Crippen molar-refractivity contribution in [2.45, 2.75) is 173 Å². The molecule has 2 aliphatic heterocycles. The Bertz CT molecular complexity index is 2850. The van der Waals surface area contributed by atoms with E-state index < -0.39 is 166 Å². The SMILES string of the molecule is COC1C(=O)C2(C)C(OC)CC3OCC3(OC(C)=O)C2C(OC(=O)c2ccccc2)C2(O)CC(OC(=O)C(OC(=O)CCC(=O)O)C(CC(=O)OC(C)(C)C)c3ccccc3)C(C)=C1C2(C)C.O=C(O)CCCCCN1C(=O)C=CC1=O.[Cl][Pt+2][Cl].[NH2-].[NH2-]. The summed E-state index contributed by atoms with van der Waals surface area (Å²) in [5, 5.41) is 31.7. The molecule has 11 atom stereocenters. The van der Waals surface area contributed by atoms with Crippen LogP contribution in [-0.2, 0) is 97.5 Å². The minimum atomic E-state index is -2.31. The fourth-order valence-corrected chi connectivity index (χ4v) is 12.2. The number of unbranched alkanes of at least 4 members (excludes halogenated alkanes) is 2. The number of ketones is 1. The molecule has 87 heavy (non-hydrogen) atoms. The normalized spacial score (nSPS) is 26.4. The van der Waals surface area contributed by atoms with Gasteiger partial charge in [-0.05, 0) is 76.3 Å². The molecule has 5 aliphatic rings. The number of carbonyl (C=O) groups excluding carboxylic acids is 8. The molecule has 7 N–H and O–H groups in total. The molecule has 0 radical (unpaired) electrons. The molecular formula is C60H79Cl2N3O21Pt. The zero-order valence-electron chi connectivity index (χ0n) is 50.2. The van der Waals surface area contributed by atoms with Gasteiger partial charge in [-0.3, -0.25) is 43.3 Å². The van der Waals surface area contributed by atoms with Crippen LogP contribution in [0.2, 0.25) is 0 Å². The molecule has 2 saturated carbocycles. The molecule has 2 aromatic rings. The molecule has 2 heterocycles. The van der Waals surface area contributed by atoms with Crippen LogP contribution in [0.1, 0.15) is 135 Å². The molecule has 3 aliphatic carbocycles. The Morgan fingerprint density at radius 2 is 1.38 bits per heavy atom. The van der Waals surface area contributed by atoms with Crippen LogP contribution in [0.3, 0.4) is 0 Å². The first-order valence-corrected chi connectivity index (χ1v) is 33.1. The van der Waals surface area contributed by atoms with E-state index in [1.54, 1.807) is 97.0 Å². The van der Waals surface area contributed by atoms with E-state index in [9.17, 15) is 48.6 Å². The first kappa shape index (κ1) is 75.3. The number of methoxy groups -OCH3 is 2. The van der Waals surface area contributed by atoms with Crippen molar-refractivity contribution < 1.29 is 118 Å². The minimum Gasteiger partial charge on any atom is -0.693 e. The second kappa shape index (κ2) is 32.0. The fourth-order valence-electron chi connectivity index (χ4n) is 12.2. The van der Waals surface area contributed by atoms with E-state index in [1.807, 2.05) is 0 Å². The number of nitrogens with two attached hydrogens (primary N) is 2. The zero-order chi connectivity index (χ0) is 63.4. The summed E-state index contributed by atoms with van der Waals surface area (Å²) in [6.45, 7) is 12.9. The van der Waals surface area contributed by atoms with Gasteiger partial charge in [0.1, 0.15) is 35.6 Å². The number of hydrogen-bond acceptors (Lipinski definition) is 19. The number of carboxylic acids is 2. The Balaban J connectivity index is 0.000000853. The summed E-state index contributed by atoms with van der Waals surface area (Å²) >= 11 is -0.472. The number of aliphatic carboxylic acids is 2. The zero-order valence-corrected chi connectivity index (χ0v) is 54.0. The molecule has 27 heteroatoms. The molecule has 2 aromatic carbocycles. The Morgan fingerprint density at radius 3 is 1.89 bits per heavy atom. The second-order valence-corrected chi connectivity index (χ2v) is 26.3. The van der Waals surface area contributed by atoms with E-state index in [2.05, 4.69) is 0 Å². The van der Waals surface area contributed by atoms with Gasteiger partial charge in [0.25, 0.3) is 11.8 Å². The van der Waals surface area contributed by atoms with E-state index in [1.165, 1.54) is 50.3 Å². The molecule has 2 bridgehead atoms. The van der Waals surface area contributed by atoms with Crippen molar-refractivity contribution in [3.63, 3.8) is 0 Å². The van der Waals surface area contributed by atoms with Crippen LogP contribution >= 0.6 is 18.8 Å². The molecule has 0 aromatic heterocycles. The van der Waals surface area contributed by atoms with E-state index >= 15 is 9.59 Å². The average molecular weight is 1440 g/mol. The number of Topliss-reactive ketones (excluding diaryl/α,β-unsaturated/α-hetero) is 1. The maximum Gasteiger partial charge on any atom is -0.693 e. The van der Waals surface area contributed by atoms with Gasteiger partial charge in [0.05, 0.1) is 48.9 Å². The molecule has 3 fully saturated rings. The molecule has 0 spiro atoms. The van der Waals surface area contributed by atoms with Crippen LogP contribution < -0.4 is 0 Å². The van der Waals surface area contributed by atoms with Gasteiger partial charge in [0.2, 0.25) is 6.10 Å². The third-order valence-electron chi connectivity index (χ3n) is 16.3. The summed E-state index contributed by atoms with van der Waals surface area (Å²) < 4.78 is 48.7. The van der Waals surface area contributed by atoms with Crippen LogP contribution in [0.5, 0.6) is 0 Å². The number of fused-ring (bicyclic) bond motifs is 5. The van der Waals surface area contributed by atoms with Gasteiger partial charge in [0.15, 0.2) is 11.4 Å². The van der Waals surface area contributed by atoms with Crippen LogP contribution in [0.25, 0.3) is 12.3 Å². The van der Waals surface area contributed by atoms with Crippen LogP contribution in [0.4, 0.5) is 0 Å². The fraction of sp³-hybridized carbons (Fsp3) is 0.567. The topological polar surface area (TPSA) is 375 Å². The largest absolute Gasteiger partial charge is 0.693 e. The number of imide groups is 1. The molecule has 7 rings (SSSR count). The van der Waals surface area contributed by atoms with E-state index in [-0.39, 0.29) is 60.3 Å².